The van der Waals surface area contributed by atoms with Crippen molar-refractivity contribution in [3.63, 3.8) is 0 Å². The highest BCUT2D eigenvalue weighted by molar-refractivity contribution is 6.30. The molecule has 0 aliphatic carbocycles. The maximum Gasteiger partial charge on any atom is 0.247 e. The number of halogens is 1. The summed E-state index contributed by atoms with van der Waals surface area (Å²) in [5, 5.41) is 12.4. The molecule has 0 bridgehead atoms. The van der Waals surface area contributed by atoms with Crippen LogP contribution in [0.15, 0.2) is 54.7 Å². The van der Waals surface area contributed by atoms with E-state index in [-0.39, 0.29) is 0 Å². The van der Waals surface area contributed by atoms with Crippen LogP contribution in [0.3, 0.4) is 0 Å². The highest BCUT2D eigenvalue weighted by Gasteiger charge is 2.20. The second-order valence-electron chi connectivity index (χ2n) is 6.93. The average Bonchev–Trinajstić information content (AvgIpc) is 2.74. The first kappa shape index (κ1) is 18.5. The van der Waals surface area contributed by atoms with Gasteiger partial charge in [-0.1, -0.05) is 35.9 Å². The van der Waals surface area contributed by atoms with E-state index < -0.39 is 0 Å². The molecule has 0 atom stereocenters. The molecule has 2 aromatic carbocycles. The van der Waals surface area contributed by atoms with Gasteiger partial charge in [-0.2, -0.15) is 10.1 Å². The summed E-state index contributed by atoms with van der Waals surface area (Å²) in [7, 11) is 0. The summed E-state index contributed by atoms with van der Waals surface area (Å²) >= 11 is 5.93. The summed E-state index contributed by atoms with van der Waals surface area (Å²) in [6.07, 6.45) is 1.66. The third kappa shape index (κ3) is 4.51. The zero-order valence-electron chi connectivity index (χ0n) is 15.8. The van der Waals surface area contributed by atoms with Crippen LogP contribution in [0.4, 0.5) is 17.5 Å². The van der Waals surface area contributed by atoms with Crippen molar-refractivity contribution < 1.29 is 0 Å². The molecule has 0 radical (unpaired) electrons. The van der Waals surface area contributed by atoms with Gasteiger partial charge in [0.05, 0.1) is 6.20 Å². The Hall–Kier alpha value is -2.86. The average molecular weight is 395 g/mol. The highest BCUT2D eigenvalue weighted by atomic mass is 35.5. The van der Waals surface area contributed by atoms with E-state index in [2.05, 4.69) is 61.5 Å². The van der Waals surface area contributed by atoms with E-state index in [0.717, 1.165) is 42.6 Å². The summed E-state index contributed by atoms with van der Waals surface area (Å²) in [5.41, 5.74) is 3.69. The van der Waals surface area contributed by atoms with Gasteiger partial charge in [0.25, 0.3) is 0 Å². The quantitative estimate of drug-likeness (QED) is 0.710. The van der Waals surface area contributed by atoms with Crippen molar-refractivity contribution in [2.75, 3.05) is 41.3 Å². The first-order chi connectivity index (χ1) is 13.7. The summed E-state index contributed by atoms with van der Waals surface area (Å²) in [6, 6.07) is 16.4. The predicted molar refractivity (Wildman–Crippen MR) is 114 cm³/mol. The van der Waals surface area contributed by atoms with Crippen LogP contribution in [-0.2, 0) is 6.54 Å². The molecular formula is C21H23ClN6. The van der Waals surface area contributed by atoms with Gasteiger partial charge < -0.3 is 15.1 Å². The first-order valence-electron chi connectivity index (χ1n) is 9.42. The molecule has 0 spiro atoms. The van der Waals surface area contributed by atoms with Crippen molar-refractivity contribution >= 4 is 29.1 Å². The number of hydrogen-bond acceptors (Lipinski definition) is 6. The Balaban J connectivity index is 1.36. The van der Waals surface area contributed by atoms with E-state index in [1.54, 1.807) is 6.20 Å². The number of hydrogen-bond donors (Lipinski definition) is 1. The maximum absolute atomic E-state index is 5.93. The Morgan fingerprint density at radius 3 is 2.50 bits per heavy atom. The number of anilines is 3. The van der Waals surface area contributed by atoms with E-state index >= 15 is 0 Å². The van der Waals surface area contributed by atoms with Gasteiger partial charge in [-0.15, -0.1) is 5.10 Å². The molecule has 1 aliphatic rings. The minimum atomic E-state index is 0.663. The van der Waals surface area contributed by atoms with Crippen molar-refractivity contribution in [1.82, 2.24) is 15.2 Å². The van der Waals surface area contributed by atoms with Crippen LogP contribution >= 0.6 is 11.6 Å². The smallest absolute Gasteiger partial charge is 0.247 e. The third-order valence-electron chi connectivity index (χ3n) is 4.86. The lowest BCUT2D eigenvalue weighted by Crippen LogP contribution is -2.47. The van der Waals surface area contributed by atoms with Crippen LogP contribution in [-0.4, -0.2) is 41.4 Å². The van der Waals surface area contributed by atoms with Gasteiger partial charge in [-0.3, -0.25) is 0 Å². The van der Waals surface area contributed by atoms with Crippen LogP contribution in [0, 0.1) is 6.92 Å². The van der Waals surface area contributed by atoms with Gasteiger partial charge >= 0.3 is 0 Å². The molecule has 0 amide bonds. The Morgan fingerprint density at radius 1 is 1.00 bits per heavy atom. The van der Waals surface area contributed by atoms with E-state index in [0.29, 0.717) is 12.5 Å². The minimum Gasteiger partial charge on any atom is -0.368 e. The van der Waals surface area contributed by atoms with Gasteiger partial charge in [0.1, 0.15) is 0 Å². The van der Waals surface area contributed by atoms with Crippen LogP contribution in [0.1, 0.15) is 11.1 Å². The van der Waals surface area contributed by atoms with E-state index in [4.69, 9.17) is 11.6 Å². The summed E-state index contributed by atoms with van der Waals surface area (Å²) < 4.78 is 0. The SMILES string of the molecule is Cc1cccc(N2CCN(c3nncc(NCc4ccc(Cl)cc4)n3)CC2)c1. The fourth-order valence-electron chi connectivity index (χ4n) is 3.30. The molecule has 0 saturated carbocycles. The molecule has 1 N–H and O–H groups in total. The second-order valence-corrected chi connectivity index (χ2v) is 7.37. The van der Waals surface area contributed by atoms with E-state index in [1.807, 2.05) is 24.3 Å². The van der Waals surface area contributed by atoms with Crippen LogP contribution in [0.25, 0.3) is 0 Å². The molecule has 3 aromatic rings. The molecule has 2 heterocycles. The molecule has 28 heavy (non-hydrogen) atoms. The molecule has 1 saturated heterocycles. The number of nitrogens with one attached hydrogen (secondary N) is 1. The molecule has 4 rings (SSSR count). The van der Waals surface area contributed by atoms with Gasteiger partial charge in [-0.25, -0.2) is 0 Å². The molecule has 144 valence electrons. The predicted octanol–water partition coefficient (Wildman–Crippen LogP) is 3.77. The largest absolute Gasteiger partial charge is 0.368 e. The molecule has 1 aliphatic heterocycles. The Kier molecular flexibility index (Phi) is 5.58. The van der Waals surface area contributed by atoms with E-state index in [9.17, 15) is 0 Å². The topological polar surface area (TPSA) is 57.2 Å². The van der Waals surface area contributed by atoms with Crippen LogP contribution < -0.4 is 15.1 Å². The number of rotatable bonds is 5. The summed E-state index contributed by atoms with van der Waals surface area (Å²) in [4.78, 5) is 9.23. The Bertz CT molecular complexity index is 922. The minimum absolute atomic E-state index is 0.663. The highest BCUT2D eigenvalue weighted by Crippen LogP contribution is 2.20. The normalized spacial score (nSPS) is 14.2. The zero-order chi connectivity index (χ0) is 19.3. The number of aryl methyl sites for hydroxylation is 1. The van der Waals surface area contributed by atoms with Crippen LogP contribution in [0.2, 0.25) is 5.02 Å². The second kappa shape index (κ2) is 8.44. The standard InChI is InChI=1S/C21H23ClN6/c1-16-3-2-4-19(13-16)27-9-11-28(12-10-27)21-25-20(15-24-26-21)23-14-17-5-7-18(22)8-6-17/h2-8,13,15H,9-12,14H2,1H3,(H,23,25,26). The molecule has 1 fully saturated rings. The number of piperazine rings is 1. The van der Waals surface area contributed by atoms with Crippen molar-refractivity contribution in [3.05, 3.63) is 70.9 Å². The first-order valence-corrected chi connectivity index (χ1v) is 9.80. The number of nitrogens with zero attached hydrogens (tertiary/aromatic N) is 5. The van der Waals surface area contributed by atoms with Crippen molar-refractivity contribution in [1.29, 1.82) is 0 Å². The summed E-state index contributed by atoms with van der Waals surface area (Å²) in [5.74, 6) is 1.39. The molecule has 0 unspecified atom stereocenters. The maximum atomic E-state index is 5.93. The Morgan fingerprint density at radius 2 is 1.75 bits per heavy atom. The fraction of sp³-hybridized carbons (Fsp3) is 0.286. The van der Waals surface area contributed by atoms with Crippen molar-refractivity contribution in [2.45, 2.75) is 13.5 Å². The van der Waals surface area contributed by atoms with Gasteiger partial charge in [0.15, 0.2) is 5.82 Å². The molecule has 7 heteroatoms. The lowest BCUT2D eigenvalue weighted by atomic mass is 10.2. The molecule has 6 nitrogen and oxygen atoms in total. The molecule has 1 aromatic heterocycles. The zero-order valence-corrected chi connectivity index (χ0v) is 16.6. The van der Waals surface area contributed by atoms with Crippen LogP contribution in [0.5, 0.6) is 0 Å². The van der Waals surface area contributed by atoms with Gasteiger partial charge in [0.2, 0.25) is 5.95 Å². The lowest BCUT2D eigenvalue weighted by molar-refractivity contribution is 0.635. The lowest BCUT2D eigenvalue weighted by Gasteiger charge is -2.36. The van der Waals surface area contributed by atoms with Gasteiger partial charge in [-0.05, 0) is 42.3 Å². The van der Waals surface area contributed by atoms with Crippen molar-refractivity contribution in [2.24, 2.45) is 0 Å². The number of benzene rings is 2. The third-order valence-corrected chi connectivity index (χ3v) is 5.12. The van der Waals surface area contributed by atoms with E-state index in [1.165, 1.54) is 11.3 Å². The monoisotopic (exact) mass is 394 g/mol. The van der Waals surface area contributed by atoms with Gasteiger partial charge in [0, 0.05) is 43.4 Å². The fourth-order valence-corrected chi connectivity index (χ4v) is 3.42. The molecular weight excluding hydrogens is 372 g/mol. The Labute approximate surface area is 170 Å². The number of aromatic nitrogens is 3. The van der Waals surface area contributed by atoms with Crippen molar-refractivity contribution in [3.8, 4) is 0 Å². The summed E-state index contributed by atoms with van der Waals surface area (Å²) in [6.45, 7) is 6.41.